The Morgan fingerprint density at radius 2 is 2.11 bits per heavy atom. The molecule has 7 nitrogen and oxygen atoms in total. The highest BCUT2D eigenvalue weighted by Gasteiger charge is 2.44. The zero-order valence-electron chi connectivity index (χ0n) is 14.9. The largest absolute Gasteiger partial charge is 0.431 e. The van der Waals surface area contributed by atoms with Crippen molar-refractivity contribution < 1.29 is 9.53 Å². The third-order valence-electron chi connectivity index (χ3n) is 5.35. The first-order valence-electron chi connectivity index (χ1n) is 9.04. The van der Waals surface area contributed by atoms with Crippen molar-refractivity contribution in [2.45, 2.75) is 25.0 Å². The Balaban J connectivity index is 1.23. The molecule has 9 heteroatoms. The van der Waals surface area contributed by atoms with Gasteiger partial charge in [0, 0.05) is 37.9 Å². The van der Waals surface area contributed by atoms with Crippen molar-refractivity contribution in [3.63, 3.8) is 0 Å². The number of ether oxygens (including phenoxy) is 1. The number of hydrogen-bond acceptors (Lipinski definition) is 6. The van der Waals surface area contributed by atoms with E-state index in [1.165, 1.54) is 16.9 Å². The zero-order valence-corrected chi connectivity index (χ0v) is 16.5. The number of benzene rings is 1. The molecule has 2 saturated heterocycles. The number of nitrogens with two attached hydrogens (primary N) is 1. The molecule has 5 rings (SSSR count). The molecule has 28 heavy (non-hydrogen) atoms. The van der Waals surface area contributed by atoms with E-state index in [9.17, 15) is 4.79 Å². The summed E-state index contributed by atoms with van der Waals surface area (Å²) in [5, 5.41) is 1.13. The Labute approximate surface area is 170 Å². The summed E-state index contributed by atoms with van der Waals surface area (Å²) in [6.07, 6.45) is 2.59. The molecule has 2 N–H and O–H groups in total. The van der Waals surface area contributed by atoms with Crippen molar-refractivity contribution in [1.29, 1.82) is 0 Å². The highest BCUT2D eigenvalue weighted by Crippen LogP contribution is 2.33. The molecule has 0 unspecified atom stereocenters. The van der Waals surface area contributed by atoms with Crippen molar-refractivity contribution in [1.82, 2.24) is 19.8 Å². The van der Waals surface area contributed by atoms with E-state index >= 15 is 0 Å². The Bertz CT molecular complexity index is 1040. The van der Waals surface area contributed by atoms with E-state index in [1.807, 2.05) is 18.2 Å². The van der Waals surface area contributed by atoms with Gasteiger partial charge in [-0.2, -0.15) is 4.98 Å². The summed E-state index contributed by atoms with van der Waals surface area (Å²) in [5.41, 5.74) is 7.28. The first-order valence-corrected chi connectivity index (χ1v) is 10.2. The lowest BCUT2D eigenvalue weighted by molar-refractivity contribution is 0.137. The number of carbonyl (C=O) groups is 1. The third kappa shape index (κ3) is 3.28. The summed E-state index contributed by atoms with van der Waals surface area (Å²) in [6.45, 7) is 2.47. The number of urea groups is 1. The number of piperazine rings is 1. The second-order valence-corrected chi connectivity index (χ2v) is 8.59. The van der Waals surface area contributed by atoms with Crippen LogP contribution in [0.25, 0.3) is 10.3 Å². The van der Waals surface area contributed by atoms with Crippen LogP contribution in [0.2, 0.25) is 5.02 Å². The van der Waals surface area contributed by atoms with E-state index in [0.29, 0.717) is 21.9 Å². The lowest BCUT2D eigenvalue weighted by Gasteiger charge is -2.33. The predicted molar refractivity (Wildman–Crippen MR) is 108 cm³/mol. The van der Waals surface area contributed by atoms with Crippen LogP contribution in [0.3, 0.4) is 0 Å². The Hall–Kier alpha value is -2.42. The second kappa shape index (κ2) is 6.88. The van der Waals surface area contributed by atoms with Gasteiger partial charge in [-0.05, 0) is 30.2 Å². The number of halogens is 1. The summed E-state index contributed by atoms with van der Waals surface area (Å²) in [4.78, 5) is 24.2. The maximum atomic E-state index is 11.4. The third-order valence-corrected chi connectivity index (χ3v) is 6.42. The molecule has 2 atom stereocenters. The molecule has 2 aliphatic heterocycles. The summed E-state index contributed by atoms with van der Waals surface area (Å²) in [7, 11) is 0. The Morgan fingerprint density at radius 3 is 2.82 bits per heavy atom. The molecule has 0 spiro atoms. The quantitative estimate of drug-likeness (QED) is 0.705. The summed E-state index contributed by atoms with van der Waals surface area (Å²) in [6, 6.07) is 10.2. The van der Waals surface area contributed by atoms with E-state index in [-0.39, 0.29) is 12.1 Å². The van der Waals surface area contributed by atoms with Gasteiger partial charge in [0.1, 0.15) is 5.75 Å². The number of hydrogen-bond donors (Lipinski definition) is 1. The Morgan fingerprint density at radius 1 is 1.29 bits per heavy atom. The monoisotopic (exact) mass is 415 g/mol. The SMILES string of the molecule is NC(=O)N1C[C@H]2C[C@@H]1CN2Cc1ccc(Oc2nc3ncc(Cl)cc3s2)cc1. The van der Waals surface area contributed by atoms with Crippen molar-refractivity contribution in [2.75, 3.05) is 13.1 Å². The number of nitrogens with zero attached hydrogens (tertiary/aromatic N) is 4. The van der Waals surface area contributed by atoms with Crippen LogP contribution in [0.1, 0.15) is 12.0 Å². The van der Waals surface area contributed by atoms with Crippen LogP contribution in [0.5, 0.6) is 10.9 Å². The number of primary amides is 1. The van der Waals surface area contributed by atoms with Gasteiger partial charge in [0.2, 0.25) is 0 Å². The van der Waals surface area contributed by atoms with Gasteiger partial charge >= 0.3 is 6.03 Å². The number of fused-ring (bicyclic) bond motifs is 3. The minimum Gasteiger partial charge on any atom is -0.431 e. The smallest absolute Gasteiger partial charge is 0.315 e. The first-order chi connectivity index (χ1) is 13.5. The van der Waals surface area contributed by atoms with Crippen LogP contribution < -0.4 is 10.5 Å². The average Bonchev–Trinajstić information content (AvgIpc) is 3.36. The lowest BCUT2D eigenvalue weighted by atomic mass is 10.2. The predicted octanol–water partition coefficient (Wildman–Crippen LogP) is 3.47. The Kier molecular flexibility index (Phi) is 4.34. The second-order valence-electron chi connectivity index (χ2n) is 7.16. The number of carbonyl (C=O) groups excluding carboxylic acids is 1. The average molecular weight is 416 g/mol. The summed E-state index contributed by atoms with van der Waals surface area (Å²) >= 11 is 7.38. The van der Waals surface area contributed by atoms with Crippen LogP contribution in [0.15, 0.2) is 36.5 Å². The normalized spacial score (nSPS) is 21.5. The fourth-order valence-corrected chi connectivity index (χ4v) is 5.09. The van der Waals surface area contributed by atoms with Gasteiger partial charge in [-0.15, -0.1) is 0 Å². The van der Waals surface area contributed by atoms with Crippen LogP contribution in [0, 0.1) is 0 Å². The highest BCUT2D eigenvalue weighted by atomic mass is 35.5. The molecule has 2 fully saturated rings. The van der Waals surface area contributed by atoms with E-state index < -0.39 is 0 Å². The fraction of sp³-hybridized carbons (Fsp3) is 0.316. The molecule has 3 aromatic rings. The van der Waals surface area contributed by atoms with Crippen LogP contribution in [0.4, 0.5) is 4.79 Å². The van der Waals surface area contributed by atoms with E-state index in [4.69, 9.17) is 22.1 Å². The van der Waals surface area contributed by atoms with E-state index in [2.05, 4.69) is 27.0 Å². The van der Waals surface area contributed by atoms with Gasteiger partial charge in [0.15, 0.2) is 5.65 Å². The number of aromatic nitrogens is 2. The standard InChI is InChI=1S/C19H18ClN5O2S/c20-12-5-16-17(22-7-12)23-19(28-16)27-15-3-1-11(2-4-15)8-24-9-14-6-13(24)10-25(14)18(21)26/h1-5,7,13-14H,6,8-10H2,(H2,21,26)/t13-,14-/m1/s1. The minimum absolute atomic E-state index is 0.256. The highest BCUT2D eigenvalue weighted by molar-refractivity contribution is 7.20. The maximum Gasteiger partial charge on any atom is 0.315 e. The van der Waals surface area contributed by atoms with Crippen LogP contribution in [-0.4, -0.2) is 51.0 Å². The molecule has 2 aromatic heterocycles. The lowest BCUT2D eigenvalue weighted by Crippen LogP contribution is -2.50. The number of pyridine rings is 1. The van der Waals surface area contributed by atoms with Gasteiger partial charge in [0.05, 0.1) is 9.72 Å². The molecular weight excluding hydrogens is 398 g/mol. The van der Waals surface area contributed by atoms with Crippen LogP contribution >= 0.6 is 22.9 Å². The van der Waals surface area contributed by atoms with E-state index in [1.54, 1.807) is 11.1 Å². The molecule has 0 aliphatic carbocycles. The zero-order chi connectivity index (χ0) is 19.3. The summed E-state index contributed by atoms with van der Waals surface area (Å²) < 4.78 is 6.77. The maximum absolute atomic E-state index is 11.4. The molecule has 2 aliphatic rings. The minimum atomic E-state index is -0.305. The molecule has 0 radical (unpaired) electrons. The van der Waals surface area contributed by atoms with Gasteiger partial charge < -0.3 is 15.4 Å². The number of likely N-dealkylation sites (tertiary alicyclic amines) is 2. The van der Waals surface area contributed by atoms with Crippen LogP contribution in [-0.2, 0) is 6.54 Å². The molecule has 144 valence electrons. The summed E-state index contributed by atoms with van der Waals surface area (Å²) in [5.74, 6) is 0.733. The molecule has 2 amide bonds. The van der Waals surface area contributed by atoms with Crippen molar-refractivity contribution in [3.05, 3.63) is 47.1 Å². The van der Waals surface area contributed by atoms with Gasteiger partial charge in [-0.25, -0.2) is 9.78 Å². The topological polar surface area (TPSA) is 84.6 Å². The number of thiazole rings is 1. The van der Waals surface area contributed by atoms with Gasteiger partial charge in [-0.3, -0.25) is 4.90 Å². The molecule has 2 bridgehead atoms. The number of rotatable bonds is 4. The molecule has 0 saturated carbocycles. The van der Waals surface area contributed by atoms with Crippen molar-refractivity contribution in [2.24, 2.45) is 5.73 Å². The molecular formula is C19H18ClN5O2S. The molecule has 4 heterocycles. The van der Waals surface area contributed by atoms with Gasteiger partial charge in [-0.1, -0.05) is 35.1 Å². The number of amides is 2. The first kappa shape index (κ1) is 17.7. The molecule has 1 aromatic carbocycles. The van der Waals surface area contributed by atoms with Crippen molar-refractivity contribution in [3.8, 4) is 10.9 Å². The van der Waals surface area contributed by atoms with E-state index in [0.717, 1.165) is 36.5 Å². The van der Waals surface area contributed by atoms with Crippen molar-refractivity contribution >= 4 is 39.3 Å². The fourth-order valence-electron chi connectivity index (χ4n) is 4.03. The van der Waals surface area contributed by atoms with Gasteiger partial charge in [0.25, 0.3) is 5.19 Å².